The minimum absolute atomic E-state index is 0.0156. The summed E-state index contributed by atoms with van der Waals surface area (Å²) >= 11 is 12.8. The minimum Gasteiger partial charge on any atom is -0.207 e. The van der Waals surface area contributed by atoms with E-state index in [-0.39, 0.29) is 15.3 Å². The molecule has 7 heteroatoms. The molecule has 0 radical (unpaired) electrons. The van der Waals surface area contributed by atoms with E-state index in [1.165, 1.54) is 6.07 Å². The van der Waals surface area contributed by atoms with Crippen LogP contribution in [0.25, 0.3) is 10.8 Å². The summed E-state index contributed by atoms with van der Waals surface area (Å²) in [4.78, 5) is 0.0156. The van der Waals surface area contributed by atoms with Gasteiger partial charge in [-0.2, -0.15) is 0 Å². The average molecular weight is 386 g/mol. The van der Waals surface area contributed by atoms with Crippen LogP contribution < -0.4 is 4.72 Å². The largest absolute Gasteiger partial charge is 0.243 e. The quantitative estimate of drug-likeness (QED) is 0.666. The van der Waals surface area contributed by atoms with Gasteiger partial charge in [0.2, 0.25) is 10.0 Å². The van der Waals surface area contributed by atoms with Gasteiger partial charge < -0.3 is 0 Å². The zero-order valence-corrected chi connectivity index (χ0v) is 15.2. The van der Waals surface area contributed by atoms with Crippen LogP contribution in [0.5, 0.6) is 0 Å². The zero-order valence-electron chi connectivity index (χ0n) is 12.1. The van der Waals surface area contributed by atoms with E-state index < -0.39 is 10.0 Å². The highest BCUT2D eigenvalue weighted by Gasteiger charge is 2.23. The van der Waals surface area contributed by atoms with E-state index in [4.69, 9.17) is 23.2 Å². The number of benzene rings is 2. The summed E-state index contributed by atoms with van der Waals surface area (Å²) in [5, 5.41) is 2.17. The molecule has 120 valence electrons. The Morgan fingerprint density at radius 2 is 1.74 bits per heavy atom. The molecule has 3 nitrogen and oxygen atoms in total. The van der Waals surface area contributed by atoms with Gasteiger partial charge in [-0.3, -0.25) is 0 Å². The standard InChI is InChI=1S/C16H13Cl2NO2S2/c1-10(12-7-6-11-4-2-3-5-13(11)8-12)19-23(20,21)14-9-15(17)22-16(14)18/h2-10,19H,1H3. The molecule has 0 bridgehead atoms. The van der Waals surface area contributed by atoms with E-state index in [0.717, 1.165) is 27.7 Å². The van der Waals surface area contributed by atoms with Gasteiger partial charge in [-0.1, -0.05) is 59.6 Å². The van der Waals surface area contributed by atoms with Gasteiger partial charge in [0.05, 0.1) is 4.34 Å². The van der Waals surface area contributed by atoms with Gasteiger partial charge in [-0.05, 0) is 35.4 Å². The topological polar surface area (TPSA) is 46.2 Å². The Balaban J connectivity index is 1.90. The molecule has 0 fully saturated rings. The molecule has 0 amide bonds. The van der Waals surface area contributed by atoms with Crippen LogP contribution in [-0.4, -0.2) is 8.42 Å². The number of nitrogens with one attached hydrogen (secondary N) is 1. The molecule has 0 saturated carbocycles. The van der Waals surface area contributed by atoms with Crippen molar-refractivity contribution in [1.29, 1.82) is 0 Å². The smallest absolute Gasteiger partial charge is 0.207 e. The van der Waals surface area contributed by atoms with Crippen molar-refractivity contribution in [3.63, 3.8) is 0 Å². The van der Waals surface area contributed by atoms with Crippen LogP contribution in [0.4, 0.5) is 0 Å². The van der Waals surface area contributed by atoms with Gasteiger partial charge in [0.1, 0.15) is 9.23 Å². The van der Waals surface area contributed by atoms with Crippen molar-refractivity contribution in [1.82, 2.24) is 4.72 Å². The van der Waals surface area contributed by atoms with Crippen LogP contribution >= 0.6 is 34.5 Å². The van der Waals surface area contributed by atoms with Crippen LogP contribution in [0.1, 0.15) is 18.5 Å². The van der Waals surface area contributed by atoms with E-state index in [2.05, 4.69) is 4.72 Å². The molecule has 0 aliphatic heterocycles. The third-order valence-electron chi connectivity index (χ3n) is 3.52. The van der Waals surface area contributed by atoms with Crippen LogP contribution in [-0.2, 0) is 10.0 Å². The molecule has 3 rings (SSSR count). The maximum atomic E-state index is 12.5. The molecule has 1 unspecified atom stereocenters. The van der Waals surface area contributed by atoms with E-state index in [0.29, 0.717) is 4.34 Å². The van der Waals surface area contributed by atoms with Crippen molar-refractivity contribution in [2.75, 3.05) is 0 Å². The van der Waals surface area contributed by atoms with Crippen molar-refractivity contribution >= 4 is 55.3 Å². The number of fused-ring (bicyclic) bond motifs is 1. The fourth-order valence-corrected chi connectivity index (χ4v) is 5.73. The Bertz CT molecular complexity index is 967. The SMILES string of the molecule is CC(NS(=O)(=O)c1cc(Cl)sc1Cl)c1ccc2ccccc2c1. The second kappa shape index (κ2) is 6.42. The van der Waals surface area contributed by atoms with Gasteiger partial charge >= 0.3 is 0 Å². The van der Waals surface area contributed by atoms with Crippen molar-refractivity contribution < 1.29 is 8.42 Å². The highest BCUT2D eigenvalue weighted by molar-refractivity contribution is 7.89. The maximum absolute atomic E-state index is 12.5. The van der Waals surface area contributed by atoms with Crippen molar-refractivity contribution in [3.05, 3.63) is 62.8 Å². The summed E-state index contributed by atoms with van der Waals surface area (Å²) in [5.41, 5.74) is 0.879. The first kappa shape index (κ1) is 16.7. The van der Waals surface area contributed by atoms with E-state index >= 15 is 0 Å². The highest BCUT2D eigenvalue weighted by atomic mass is 35.5. The van der Waals surface area contributed by atoms with Gasteiger partial charge in [0.15, 0.2) is 0 Å². The first-order valence-corrected chi connectivity index (χ1v) is 9.88. The molecular formula is C16H13Cl2NO2S2. The number of hydrogen-bond donors (Lipinski definition) is 1. The third-order valence-corrected chi connectivity index (χ3v) is 6.81. The van der Waals surface area contributed by atoms with E-state index in [9.17, 15) is 8.42 Å². The van der Waals surface area contributed by atoms with Crippen LogP contribution in [0.15, 0.2) is 53.4 Å². The molecule has 23 heavy (non-hydrogen) atoms. The number of thiophene rings is 1. The van der Waals surface area contributed by atoms with Gasteiger partial charge in [-0.25, -0.2) is 13.1 Å². The van der Waals surface area contributed by atoms with Gasteiger partial charge in [-0.15, -0.1) is 11.3 Å². The number of sulfonamides is 1. The predicted molar refractivity (Wildman–Crippen MR) is 97.0 cm³/mol. The summed E-state index contributed by atoms with van der Waals surface area (Å²) in [6.07, 6.45) is 0. The Morgan fingerprint density at radius 1 is 1.04 bits per heavy atom. The van der Waals surface area contributed by atoms with Crippen molar-refractivity contribution in [2.24, 2.45) is 0 Å². The molecule has 0 spiro atoms. The lowest BCUT2D eigenvalue weighted by molar-refractivity contribution is 0.567. The minimum atomic E-state index is -3.73. The van der Waals surface area contributed by atoms with E-state index in [1.807, 2.05) is 42.5 Å². The first-order valence-electron chi connectivity index (χ1n) is 6.83. The molecule has 0 aliphatic carbocycles. The van der Waals surface area contributed by atoms with Crippen LogP contribution in [0.3, 0.4) is 0 Å². The fourth-order valence-electron chi connectivity index (χ4n) is 2.35. The third kappa shape index (κ3) is 3.54. The summed E-state index contributed by atoms with van der Waals surface area (Å²) in [6.45, 7) is 1.80. The monoisotopic (exact) mass is 385 g/mol. The second-order valence-electron chi connectivity index (χ2n) is 5.14. The molecule has 2 aromatic carbocycles. The lowest BCUT2D eigenvalue weighted by Crippen LogP contribution is -2.26. The Morgan fingerprint density at radius 3 is 2.39 bits per heavy atom. The molecule has 1 aromatic heterocycles. The fraction of sp³-hybridized carbons (Fsp3) is 0.125. The van der Waals surface area contributed by atoms with Crippen molar-refractivity contribution in [3.8, 4) is 0 Å². The Kier molecular flexibility index (Phi) is 4.67. The van der Waals surface area contributed by atoms with Gasteiger partial charge in [0.25, 0.3) is 0 Å². The highest BCUT2D eigenvalue weighted by Crippen LogP contribution is 2.34. The normalized spacial score (nSPS) is 13.3. The number of halogens is 2. The lowest BCUT2D eigenvalue weighted by atomic mass is 10.0. The number of hydrogen-bond acceptors (Lipinski definition) is 3. The molecule has 0 saturated heterocycles. The predicted octanol–water partition coefficient (Wildman–Crippen LogP) is 5.25. The summed E-state index contributed by atoms with van der Waals surface area (Å²) in [7, 11) is -3.73. The maximum Gasteiger partial charge on any atom is 0.243 e. The Labute approximate surface area is 148 Å². The molecule has 1 atom stereocenters. The van der Waals surface area contributed by atoms with Crippen LogP contribution in [0, 0.1) is 0 Å². The first-order chi connectivity index (χ1) is 10.9. The van der Waals surface area contributed by atoms with Crippen molar-refractivity contribution in [2.45, 2.75) is 17.9 Å². The summed E-state index contributed by atoms with van der Waals surface area (Å²) in [6, 6.07) is 14.8. The van der Waals surface area contributed by atoms with Crippen LogP contribution in [0.2, 0.25) is 8.67 Å². The molecule has 0 aliphatic rings. The summed E-state index contributed by atoms with van der Waals surface area (Å²) in [5.74, 6) is 0. The number of rotatable bonds is 4. The molecule has 1 N–H and O–H groups in total. The molecule has 1 heterocycles. The Hall–Kier alpha value is -1.11. The average Bonchev–Trinajstić information content (AvgIpc) is 2.86. The second-order valence-corrected chi connectivity index (χ2v) is 9.11. The molecule has 3 aromatic rings. The lowest BCUT2D eigenvalue weighted by Gasteiger charge is -2.15. The zero-order chi connectivity index (χ0) is 16.6. The van der Waals surface area contributed by atoms with Gasteiger partial charge in [0, 0.05) is 6.04 Å². The molecular weight excluding hydrogens is 373 g/mol. The summed E-state index contributed by atoms with van der Waals surface area (Å²) < 4.78 is 28.1. The van der Waals surface area contributed by atoms with E-state index in [1.54, 1.807) is 6.92 Å².